The molecule has 0 atom stereocenters. The van der Waals surface area contributed by atoms with E-state index in [1.807, 2.05) is 0 Å². The van der Waals surface area contributed by atoms with Crippen molar-refractivity contribution in [3.63, 3.8) is 0 Å². The van der Waals surface area contributed by atoms with E-state index >= 15 is 0 Å². The molecular formula is C20H22F3N5O4S. The summed E-state index contributed by atoms with van der Waals surface area (Å²) in [6, 6.07) is 7.74. The van der Waals surface area contributed by atoms with Gasteiger partial charge in [-0.25, -0.2) is 18.1 Å². The van der Waals surface area contributed by atoms with E-state index in [2.05, 4.69) is 15.0 Å². The number of piperazine rings is 1. The molecule has 2 amide bonds. The lowest BCUT2D eigenvalue weighted by atomic mass is 10.2. The van der Waals surface area contributed by atoms with Gasteiger partial charge in [-0.1, -0.05) is 0 Å². The smallest absolute Gasteiger partial charge is 0.353 e. The van der Waals surface area contributed by atoms with Crippen LogP contribution in [0.1, 0.15) is 12.5 Å². The Bertz CT molecular complexity index is 1100. The number of alkyl halides is 3. The molecule has 1 aromatic carbocycles. The number of carbonyl (C=O) groups excluding carboxylic acids is 2. The highest BCUT2D eigenvalue weighted by atomic mass is 32.2. The molecule has 1 fully saturated rings. The number of rotatable bonds is 6. The summed E-state index contributed by atoms with van der Waals surface area (Å²) in [5.74, 6) is -0.337. The Morgan fingerprint density at radius 3 is 2.18 bits per heavy atom. The van der Waals surface area contributed by atoms with Gasteiger partial charge in [0, 0.05) is 45.0 Å². The summed E-state index contributed by atoms with van der Waals surface area (Å²) in [6.45, 7) is 2.14. The van der Waals surface area contributed by atoms with Gasteiger partial charge in [-0.15, -0.1) is 0 Å². The van der Waals surface area contributed by atoms with Crippen LogP contribution in [0.4, 0.5) is 24.7 Å². The molecule has 178 valence electrons. The van der Waals surface area contributed by atoms with Crippen LogP contribution in [-0.4, -0.2) is 62.8 Å². The van der Waals surface area contributed by atoms with Crippen LogP contribution in [0.25, 0.3) is 0 Å². The van der Waals surface area contributed by atoms with Crippen LogP contribution in [0, 0.1) is 0 Å². The lowest BCUT2D eigenvalue weighted by Gasteiger charge is -2.35. The van der Waals surface area contributed by atoms with Crippen LogP contribution in [0.15, 0.2) is 47.5 Å². The molecule has 33 heavy (non-hydrogen) atoms. The van der Waals surface area contributed by atoms with Crippen molar-refractivity contribution in [1.29, 1.82) is 0 Å². The lowest BCUT2D eigenvalue weighted by Crippen LogP contribution is -2.51. The Morgan fingerprint density at radius 1 is 1.03 bits per heavy atom. The van der Waals surface area contributed by atoms with Gasteiger partial charge in [-0.05, 0) is 36.4 Å². The van der Waals surface area contributed by atoms with Crippen LogP contribution in [0.2, 0.25) is 0 Å². The summed E-state index contributed by atoms with van der Waals surface area (Å²) >= 11 is 0. The average molecular weight is 485 g/mol. The van der Waals surface area contributed by atoms with Crippen LogP contribution in [0.3, 0.4) is 0 Å². The molecule has 1 aliphatic heterocycles. The summed E-state index contributed by atoms with van der Waals surface area (Å²) in [5, 5.41) is 2.53. The SMILES string of the molecule is CC(=O)Nc1ccc(S(=O)(=O)NCC(=O)N2CCN(c3ccc(C(F)(F)F)cn3)CC2)cc1. The van der Waals surface area contributed by atoms with Gasteiger partial charge in [0.1, 0.15) is 5.82 Å². The molecule has 0 bridgehead atoms. The van der Waals surface area contributed by atoms with E-state index in [0.29, 0.717) is 24.6 Å². The summed E-state index contributed by atoms with van der Waals surface area (Å²) in [7, 11) is -3.93. The molecule has 1 aromatic heterocycles. The van der Waals surface area contributed by atoms with Gasteiger partial charge >= 0.3 is 6.18 Å². The predicted octanol–water partition coefficient (Wildman–Crippen LogP) is 1.69. The zero-order valence-electron chi connectivity index (χ0n) is 17.6. The van der Waals surface area contributed by atoms with Gasteiger partial charge in [-0.3, -0.25) is 9.59 Å². The maximum Gasteiger partial charge on any atom is 0.417 e. The van der Waals surface area contributed by atoms with Crippen LogP contribution < -0.4 is 14.9 Å². The molecule has 2 heterocycles. The number of halogens is 3. The largest absolute Gasteiger partial charge is 0.417 e. The highest BCUT2D eigenvalue weighted by Gasteiger charge is 2.31. The second-order valence-electron chi connectivity index (χ2n) is 7.30. The van der Waals surface area contributed by atoms with Crippen molar-refractivity contribution in [1.82, 2.24) is 14.6 Å². The van der Waals surface area contributed by atoms with E-state index in [1.54, 1.807) is 4.90 Å². The fraction of sp³-hybridized carbons (Fsp3) is 0.350. The van der Waals surface area contributed by atoms with E-state index in [1.165, 1.54) is 42.2 Å². The average Bonchev–Trinajstić information content (AvgIpc) is 2.77. The number of amides is 2. The van der Waals surface area contributed by atoms with Crippen molar-refractivity contribution in [2.45, 2.75) is 18.0 Å². The zero-order chi connectivity index (χ0) is 24.2. The maximum atomic E-state index is 12.7. The first-order valence-corrected chi connectivity index (χ1v) is 11.4. The molecule has 0 radical (unpaired) electrons. The van der Waals surface area contributed by atoms with Crippen molar-refractivity contribution in [3.05, 3.63) is 48.2 Å². The minimum Gasteiger partial charge on any atom is -0.353 e. The number of benzene rings is 1. The summed E-state index contributed by atoms with van der Waals surface area (Å²) < 4.78 is 65.1. The number of nitrogens with one attached hydrogen (secondary N) is 2. The number of anilines is 2. The second kappa shape index (κ2) is 9.75. The summed E-state index contributed by atoms with van der Waals surface area (Å²) in [5.41, 5.74) is -0.393. The third kappa shape index (κ3) is 6.42. The maximum absolute atomic E-state index is 12.7. The first-order chi connectivity index (χ1) is 15.5. The number of pyridine rings is 1. The highest BCUT2D eigenvalue weighted by Crippen LogP contribution is 2.29. The first-order valence-electron chi connectivity index (χ1n) is 9.89. The van der Waals surface area contributed by atoms with Crippen molar-refractivity contribution < 1.29 is 31.2 Å². The third-order valence-corrected chi connectivity index (χ3v) is 6.35. The molecule has 1 saturated heterocycles. The lowest BCUT2D eigenvalue weighted by molar-refractivity contribution is -0.137. The predicted molar refractivity (Wildman–Crippen MR) is 114 cm³/mol. The summed E-state index contributed by atoms with van der Waals surface area (Å²) in [4.78, 5) is 30.5. The van der Waals surface area contributed by atoms with Crippen LogP contribution >= 0.6 is 0 Å². The Balaban J connectivity index is 1.51. The molecule has 13 heteroatoms. The number of hydrogen-bond acceptors (Lipinski definition) is 6. The van der Waals surface area contributed by atoms with Gasteiger partial charge in [0.15, 0.2) is 0 Å². The van der Waals surface area contributed by atoms with Crippen molar-refractivity contribution in [2.24, 2.45) is 0 Å². The Kier molecular flexibility index (Phi) is 7.22. The Morgan fingerprint density at radius 2 is 1.67 bits per heavy atom. The minimum absolute atomic E-state index is 0.0531. The van der Waals surface area contributed by atoms with Crippen molar-refractivity contribution in [2.75, 3.05) is 42.9 Å². The van der Waals surface area contributed by atoms with Crippen molar-refractivity contribution in [3.8, 4) is 0 Å². The van der Waals surface area contributed by atoms with E-state index in [-0.39, 0.29) is 23.9 Å². The van der Waals surface area contributed by atoms with Gasteiger partial charge in [0.25, 0.3) is 0 Å². The minimum atomic E-state index is -4.46. The molecule has 3 rings (SSSR count). The second-order valence-corrected chi connectivity index (χ2v) is 9.07. The molecule has 0 spiro atoms. The highest BCUT2D eigenvalue weighted by molar-refractivity contribution is 7.89. The molecule has 1 aliphatic rings. The van der Waals surface area contributed by atoms with Gasteiger partial charge in [0.2, 0.25) is 21.8 Å². The van der Waals surface area contributed by atoms with Gasteiger partial charge in [0.05, 0.1) is 17.0 Å². The molecule has 9 nitrogen and oxygen atoms in total. The number of hydrogen-bond donors (Lipinski definition) is 2. The topological polar surface area (TPSA) is 112 Å². The third-order valence-electron chi connectivity index (χ3n) is 4.93. The van der Waals surface area contributed by atoms with E-state index in [4.69, 9.17) is 0 Å². The molecule has 0 unspecified atom stereocenters. The Hall–Kier alpha value is -3.19. The molecule has 2 N–H and O–H groups in total. The fourth-order valence-corrected chi connectivity index (χ4v) is 4.17. The standard InChI is InChI=1S/C20H22F3N5O4S/c1-14(29)26-16-3-5-17(6-4-16)33(31,32)25-13-19(30)28-10-8-27(9-11-28)18-7-2-15(12-24-18)20(21,22)23/h2-7,12,25H,8-11,13H2,1H3,(H,26,29). The number of aromatic nitrogens is 1. The monoisotopic (exact) mass is 485 g/mol. The van der Waals surface area contributed by atoms with Gasteiger partial charge < -0.3 is 15.1 Å². The molecule has 0 aliphatic carbocycles. The number of sulfonamides is 1. The van der Waals surface area contributed by atoms with Gasteiger partial charge in [-0.2, -0.15) is 13.2 Å². The normalized spacial score (nSPS) is 14.8. The number of carbonyl (C=O) groups is 2. The van der Waals surface area contributed by atoms with E-state index in [9.17, 15) is 31.2 Å². The van der Waals surface area contributed by atoms with Crippen LogP contribution in [0.5, 0.6) is 0 Å². The summed E-state index contributed by atoms with van der Waals surface area (Å²) in [6.07, 6.45) is -3.69. The molecule has 0 saturated carbocycles. The van der Waals surface area contributed by atoms with Crippen LogP contribution in [-0.2, 0) is 25.8 Å². The Labute approximate surface area is 188 Å². The van der Waals surface area contributed by atoms with E-state index < -0.39 is 34.2 Å². The first kappa shape index (κ1) is 24.5. The quantitative estimate of drug-likeness (QED) is 0.644. The fourth-order valence-electron chi connectivity index (χ4n) is 3.20. The molecular weight excluding hydrogens is 463 g/mol. The van der Waals surface area contributed by atoms with E-state index in [0.717, 1.165) is 12.3 Å². The molecule has 2 aromatic rings. The van der Waals surface area contributed by atoms with Crippen molar-refractivity contribution >= 4 is 33.3 Å². The zero-order valence-corrected chi connectivity index (χ0v) is 18.4. The number of nitrogens with zero attached hydrogens (tertiary/aromatic N) is 3.